The Hall–Kier alpha value is -1.33. The van der Waals surface area contributed by atoms with Crippen LogP contribution in [-0.2, 0) is 6.54 Å². The van der Waals surface area contributed by atoms with Crippen LogP contribution in [0.25, 0.3) is 0 Å². The third kappa shape index (κ3) is 3.11. The Morgan fingerprint density at radius 1 is 1.39 bits per heavy atom. The molecule has 0 bridgehead atoms. The van der Waals surface area contributed by atoms with Crippen molar-refractivity contribution >= 4 is 38.9 Å². The zero-order valence-electron chi connectivity index (χ0n) is 9.74. The summed E-state index contributed by atoms with van der Waals surface area (Å²) in [5.41, 5.74) is 2.04. The first-order valence-corrected chi connectivity index (χ1v) is 6.99. The molecular formula is C13H12BrNO2S. The van der Waals surface area contributed by atoms with Crippen LogP contribution in [0.2, 0.25) is 0 Å². The maximum atomic E-state index is 10.9. The van der Waals surface area contributed by atoms with Gasteiger partial charge in [0.15, 0.2) is 0 Å². The molecule has 3 nitrogen and oxygen atoms in total. The molecule has 2 rings (SSSR count). The maximum absolute atomic E-state index is 10.9. The van der Waals surface area contributed by atoms with E-state index < -0.39 is 5.97 Å². The molecule has 5 heteroatoms. The van der Waals surface area contributed by atoms with Gasteiger partial charge in [0.1, 0.15) is 0 Å². The Morgan fingerprint density at radius 2 is 2.17 bits per heavy atom. The molecule has 94 valence electrons. The van der Waals surface area contributed by atoms with E-state index in [0.29, 0.717) is 5.56 Å². The highest BCUT2D eigenvalue weighted by atomic mass is 79.9. The van der Waals surface area contributed by atoms with E-state index in [4.69, 9.17) is 5.11 Å². The highest BCUT2D eigenvalue weighted by molar-refractivity contribution is 9.11. The molecule has 1 aromatic carbocycles. The second-order valence-corrected chi connectivity index (χ2v) is 6.44. The lowest BCUT2D eigenvalue weighted by Crippen LogP contribution is -2.02. The summed E-state index contributed by atoms with van der Waals surface area (Å²) in [6.07, 6.45) is 0. The van der Waals surface area contributed by atoms with E-state index >= 15 is 0 Å². The Balaban J connectivity index is 2.06. The molecular weight excluding hydrogens is 314 g/mol. The molecule has 0 saturated heterocycles. The fourth-order valence-corrected chi connectivity index (χ4v) is 3.07. The topological polar surface area (TPSA) is 49.3 Å². The van der Waals surface area contributed by atoms with Crippen LogP contribution < -0.4 is 5.32 Å². The minimum absolute atomic E-state index is 0.347. The quantitative estimate of drug-likeness (QED) is 0.888. The van der Waals surface area contributed by atoms with Crippen molar-refractivity contribution in [1.82, 2.24) is 0 Å². The molecule has 0 unspecified atom stereocenters. The smallest absolute Gasteiger partial charge is 0.335 e. The van der Waals surface area contributed by atoms with Gasteiger partial charge in [-0.15, -0.1) is 11.3 Å². The predicted octanol–water partition coefficient (Wildman–Crippen LogP) is 4.13. The lowest BCUT2D eigenvalue weighted by atomic mass is 10.1. The average Bonchev–Trinajstić information content (AvgIpc) is 2.72. The van der Waals surface area contributed by atoms with E-state index in [0.717, 1.165) is 21.6 Å². The summed E-state index contributed by atoms with van der Waals surface area (Å²) in [6, 6.07) is 9.34. The van der Waals surface area contributed by atoms with E-state index in [1.54, 1.807) is 30.4 Å². The number of thiophene rings is 1. The second-order valence-electron chi connectivity index (χ2n) is 3.89. The number of nitrogens with one attached hydrogen (secondary N) is 1. The number of carboxylic acids is 1. The molecule has 0 fully saturated rings. The van der Waals surface area contributed by atoms with Gasteiger partial charge in [0.2, 0.25) is 0 Å². The van der Waals surface area contributed by atoms with E-state index in [1.165, 1.54) is 4.88 Å². The molecule has 0 amide bonds. The number of rotatable bonds is 4. The lowest BCUT2D eigenvalue weighted by molar-refractivity contribution is 0.0696. The van der Waals surface area contributed by atoms with Gasteiger partial charge < -0.3 is 10.4 Å². The molecule has 18 heavy (non-hydrogen) atoms. The molecule has 0 saturated carbocycles. The summed E-state index contributed by atoms with van der Waals surface area (Å²) in [5, 5.41) is 12.2. The lowest BCUT2D eigenvalue weighted by Gasteiger charge is -2.07. The molecule has 0 atom stereocenters. The van der Waals surface area contributed by atoms with Gasteiger partial charge in [-0.3, -0.25) is 0 Å². The first-order valence-electron chi connectivity index (χ1n) is 5.38. The number of hydrogen-bond donors (Lipinski definition) is 2. The van der Waals surface area contributed by atoms with Crippen molar-refractivity contribution in [1.29, 1.82) is 0 Å². The van der Waals surface area contributed by atoms with Crippen molar-refractivity contribution in [2.45, 2.75) is 13.5 Å². The summed E-state index contributed by atoms with van der Waals surface area (Å²) in [4.78, 5) is 12.1. The first-order chi connectivity index (χ1) is 8.56. The van der Waals surface area contributed by atoms with Gasteiger partial charge in [0, 0.05) is 17.1 Å². The number of benzene rings is 1. The van der Waals surface area contributed by atoms with E-state index in [2.05, 4.69) is 27.3 Å². The maximum Gasteiger partial charge on any atom is 0.335 e. The number of aromatic carboxylic acids is 1. The van der Waals surface area contributed by atoms with Crippen molar-refractivity contribution in [3.63, 3.8) is 0 Å². The number of carbonyl (C=O) groups is 1. The van der Waals surface area contributed by atoms with Crippen LogP contribution in [0, 0.1) is 6.92 Å². The Labute approximate surface area is 118 Å². The van der Waals surface area contributed by atoms with E-state index in [1.807, 2.05) is 12.1 Å². The first kappa shape index (κ1) is 13.1. The van der Waals surface area contributed by atoms with Crippen molar-refractivity contribution in [2.75, 3.05) is 5.32 Å². The summed E-state index contributed by atoms with van der Waals surface area (Å²) in [7, 11) is 0. The average molecular weight is 326 g/mol. The van der Waals surface area contributed by atoms with Crippen molar-refractivity contribution in [2.24, 2.45) is 0 Å². The van der Waals surface area contributed by atoms with Crippen LogP contribution in [0.1, 0.15) is 20.8 Å². The van der Waals surface area contributed by atoms with E-state index in [-0.39, 0.29) is 0 Å². The van der Waals surface area contributed by atoms with E-state index in [9.17, 15) is 4.79 Å². The van der Waals surface area contributed by atoms with Crippen molar-refractivity contribution in [3.05, 3.63) is 50.1 Å². The molecule has 0 spiro atoms. The van der Waals surface area contributed by atoms with Crippen LogP contribution in [0.15, 0.2) is 34.1 Å². The molecule has 0 radical (unpaired) electrons. The summed E-state index contributed by atoms with van der Waals surface area (Å²) < 4.78 is 1.11. The van der Waals surface area contributed by atoms with Gasteiger partial charge in [0.05, 0.1) is 9.35 Å². The number of aryl methyl sites for hydroxylation is 1. The molecule has 1 heterocycles. The van der Waals surface area contributed by atoms with Gasteiger partial charge in [0.25, 0.3) is 0 Å². The number of halogens is 1. The summed E-state index contributed by atoms with van der Waals surface area (Å²) in [5.74, 6) is -0.888. The molecule has 2 aromatic rings. The zero-order chi connectivity index (χ0) is 13.1. The highest BCUT2D eigenvalue weighted by Crippen LogP contribution is 2.23. The van der Waals surface area contributed by atoms with Gasteiger partial charge >= 0.3 is 5.97 Å². The largest absolute Gasteiger partial charge is 0.478 e. The summed E-state index contributed by atoms with van der Waals surface area (Å²) >= 11 is 5.10. The Morgan fingerprint density at radius 3 is 2.72 bits per heavy atom. The fraction of sp³-hybridized carbons (Fsp3) is 0.154. The molecule has 0 aliphatic heterocycles. The Bertz CT molecular complexity index is 580. The van der Waals surface area contributed by atoms with Crippen LogP contribution >= 0.6 is 27.3 Å². The number of anilines is 1. The second kappa shape index (κ2) is 5.54. The summed E-state index contributed by atoms with van der Waals surface area (Å²) in [6.45, 7) is 2.54. The monoisotopic (exact) mass is 325 g/mol. The molecule has 0 aliphatic rings. The SMILES string of the molecule is Cc1cc(NCc2ccc(Br)s2)ccc1C(=O)O. The number of hydrogen-bond acceptors (Lipinski definition) is 3. The predicted molar refractivity (Wildman–Crippen MR) is 77.5 cm³/mol. The van der Waals surface area contributed by atoms with Gasteiger partial charge in [-0.1, -0.05) is 0 Å². The molecule has 0 aliphatic carbocycles. The third-order valence-electron chi connectivity index (χ3n) is 2.55. The van der Waals surface area contributed by atoms with Crippen molar-refractivity contribution < 1.29 is 9.90 Å². The standard InChI is InChI=1S/C13H12BrNO2S/c1-8-6-9(2-4-11(8)13(16)17)15-7-10-3-5-12(14)18-10/h2-6,15H,7H2,1H3,(H,16,17). The van der Waals surface area contributed by atoms with Gasteiger partial charge in [-0.25, -0.2) is 4.79 Å². The minimum Gasteiger partial charge on any atom is -0.478 e. The molecule has 1 aromatic heterocycles. The minimum atomic E-state index is -0.888. The van der Waals surface area contributed by atoms with Crippen LogP contribution in [0.3, 0.4) is 0 Å². The van der Waals surface area contributed by atoms with Crippen LogP contribution in [-0.4, -0.2) is 11.1 Å². The fourth-order valence-electron chi connectivity index (χ4n) is 1.65. The zero-order valence-corrected chi connectivity index (χ0v) is 12.1. The van der Waals surface area contributed by atoms with Gasteiger partial charge in [-0.2, -0.15) is 0 Å². The third-order valence-corrected chi connectivity index (χ3v) is 4.18. The normalized spacial score (nSPS) is 10.3. The van der Waals surface area contributed by atoms with Crippen LogP contribution in [0.4, 0.5) is 5.69 Å². The molecule has 2 N–H and O–H groups in total. The van der Waals surface area contributed by atoms with Crippen molar-refractivity contribution in [3.8, 4) is 0 Å². The van der Waals surface area contributed by atoms with Gasteiger partial charge in [-0.05, 0) is 58.7 Å². The number of carboxylic acid groups (broad SMARTS) is 1. The van der Waals surface area contributed by atoms with Crippen LogP contribution in [0.5, 0.6) is 0 Å². The Kier molecular flexibility index (Phi) is 4.04. The highest BCUT2D eigenvalue weighted by Gasteiger charge is 2.07.